The first-order chi connectivity index (χ1) is 9.23. The van der Waals surface area contributed by atoms with Gasteiger partial charge in [-0.05, 0) is 45.1 Å². The summed E-state index contributed by atoms with van der Waals surface area (Å²) in [4.78, 5) is 15.1. The molecule has 3 fully saturated rings. The average molecular weight is 265 g/mol. The topological polar surface area (TPSA) is 44.4 Å². The summed E-state index contributed by atoms with van der Waals surface area (Å²) in [6.45, 7) is 6.33. The van der Waals surface area contributed by atoms with E-state index in [2.05, 4.69) is 22.5 Å². The third-order valence-corrected chi connectivity index (χ3v) is 5.33. The zero-order valence-corrected chi connectivity index (χ0v) is 12.1. The molecule has 3 rings (SSSR count). The highest BCUT2D eigenvalue weighted by Crippen LogP contribution is 2.31. The van der Waals surface area contributed by atoms with Crippen molar-refractivity contribution in [1.82, 2.24) is 15.5 Å². The first-order valence-electron chi connectivity index (χ1n) is 7.99. The van der Waals surface area contributed by atoms with E-state index in [4.69, 9.17) is 0 Å². The molecular formula is C15H27N3O. The van der Waals surface area contributed by atoms with E-state index in [-0.39, 0.29) is 5.41 Å². The van der Waals surface area contributed by atoms with Crippen LogP contribution in [0.25, 0.3) is 0 Å². The zero-order chi connectivity index (χ0) is 13.3. The van der Waals surface area contributed by atoms with Crippen molar-refractivity contribution in [2.45, 2.75) is 57.5 Å². The fourth-order valence-corrected chi connectivity index (χ4v) is 3.59. The van der Waals surface area contributed by atoms with Gasteiger partial charge < -0.3 is 15.5 Å². The number of nitrogens with one attached hydrogen (secondary N) is 2. The van der Waals surface area contributed by atoms with E-state index >= 15 is 0 Å². The summed E-state index contributed by atoms with van der Waals surface area (Å²) < 4.78 is 0. The van der Waals surface area contributed by atoms with Crippen LogP contribution < -0.4 is 10.6 Å². The molecule has 2 N–H and O–H groups in total. The fourth-order valence-electron chi connectivity index (χ4n) is 3.59. The summed E-state index contributed by atoms with van der Waals surface area (Å²) in [6, 6.07) is 1.28. The number of amides is 1. The van der Waals surface area contributed by atoms with Crippen LogP contribution >= 0.6 is 0 Å². The van der Waals surface area contributed by atoms with Crippen LogP contribution in [0.1, 0.15) is 45.4 Å². The molecule has 2 aliphatic heterocycles. The Balaban J connectivity index is 1.49. The summed E-state index contributed by atoms with van der Waals surface area (Å²) in [5, 5.41) is 6.67. The standard InChI is InChI=1S/C15H27N3O/c1-2-15(7-8-16-11-15)14(19)17-12-5-9-18(10-6-12)13-3-4-13/h12-13,16H,2-11H2,1H3,(H,17,19). The Labute approximate surface area is 116 Å². The van der Waals surface area contributed by atoms with Crippen molar-refractivity contribution in [3.05, 3.63) is 0 Å². The van der Waals surface area contributed by atoms with Crippen LogP contribution in [-0.4, -0.2) is 49.1 Å². The van der Waals surface area contributed by atoms with E-state index in [1.54, 1.807) is 0 Å². The lowest BCUT2D eigenvalue weighted by Gasteiger charge is -2.35. The smallest absolute Gasteiger partial charge is 0.227 e. The second kappa shape index (κ2) is 5.41. The third-order valence-electron chi connectivity index (χ3n) is 5.33. The van der Waals surface area contributed by atoms with Gasteiger partial charge in [0.15, 0.2) is 0 Å². The van der Waals surface area contributed by atoms with E-state index in [1.807, 2.05) is 0 Å². The van der Waals surface area contributed by atoms with Gasteiger partial charge >= 0.3 is 0 Å². The Kier molecular flexibility index (Phi) is 3.81. The zero-order valence-electron chi connectivity index (χ0n) is 12.1. The van der Waals surface area contributed by atoms with Crippen molar-refractivity contribution in [2.24, 2.45) is 5.41 Å². The Morgan fingerprint density at radius 3 is 2.58 bits per heavy atom. The van der Waals surface area contributed by atoms with Gasteiger partial charge in [-0.25, -0.2) is 0 Å². The second-order valence-electron chi connectivity index (χ2n) is 6.58. The summed E-state index contributed by atoms with van der Waals surface area (Å²) in [7, 11) is 0. The molecule has 2 saturated heterocycles. The van der Waals surface area contributed by atoms with Crippen LogP contribution in [0, 0.1) is 5.41 Å². The first-order valence-corrected chi connectivity index (χ1v) is 7.99. The molecule has 4 nitrogen and oxygen atoms in total. The summed E-state index contributed by atoms with van der Waals surface area (Å²) in [5.41, 5.74) is -0.131. The van der Waals surface area contributed by atoms with E-state index in [1.165, 1.54) is 25.9 Å². The van der Waals surface area contributed by atoms with Crippen molar-refractivity contribution < 1.29 is 4.79 Å². The van der Waals surface area contributed by atoms with Gasteiger partial charge in [-0.1, -0.05) is 6.92 Å². The molecule has 0 spiro atoms. The van der Waals surface area contributed by atoms with Crippen LogP contribution in [0.4, 0.5) is 0 Å². The molecular weight excluding hydrogens is 238 g/mol. The highest BCUT2D eigenvalue weighted by Gasteiger charge is 2.40. The highest BCUT2D eigenvalue weighted by molar-refractivity contribution is 5.83. The van der Waals surface area contributed by atoms with Gasteiger partial charge in [-0.3, -0.25) is 4.79 Å². The summed E-state index contributed by atoms with van der Waals surface area (Å²) >= 11 is 0. The molecule has 1 unspecified atom stereocenters. The molecule has 0 radical (unpaired) electrons. The Morgan fingerprint density at radius 1 is 1.32 bits per heavy atom. The molecule has 2 heterocycles. The number of piperidine rings is 1. The number of nitrogens with zero attached hydrogens (tertiary/aromatic N) is 1. The molecule has 0 aromatic heterocycles. The minimum Gasteiger partial charge on any atom is -0.353 e. The number of hydrogen-bond donors (Lipinski definition) is 2. The Bertz CT molecular complexity index is 326. The van der Waals surface area contributed by atoms with Gasteiger partial charge in [-0.2, -0.15) is 0 Å². The predicted octanol–water partition coefficient (Wildman–Crippen LogP) is 1.12. The number of carbonyl (C=O) groups is 1. The van der Waals surface area contributed by atoms with Crippen molar-refractivity contribution in [2.75, 3.05) is 26.2 Å². The minimum atomic E-state index is -0.131. The van der Waals surface area contributed by atoms with Crippen LogP contribution in [0.2, 0.25) is 0 Å². The van der Waals surface area contributed by atoms with Gasteiger partial charge in [0.2, 0.25) is 5.91 Å². The lowest BCUT2D eigenvalue weighted by Crippen LogP contribution is -2.50. The second-order valence-corrected chi connectivity index (χ2v) is 6.58. The number of likely N-dealkylation sites (tertiary alicyclic amines) is 1. The number of hydrogen-bond acceptors (Lipinski definition) is 3. The van der Waals surface area contributed by atoms with Crippen molar-refractivity contribution in [3.63, 3.8) is 0 Å². The molecule has 1 saturated carbocycles. The maximum Gasteiger partial charge on any atom is 0.227 e. The van der Waals surface area contributed by atoms with E-state index in [9.17, 15) is 4.79 Å². The van der Waals surface area contributed by atoms with Gasteiger partial charge in [0, 0.05) is 31.7 Å². The molecule has 1 amide bonds. The lowest BCUT2D eigenvalue weighted by molar-refractivity contribution is -0.131. The number of rotatable bonds is 4. The largest absolute Gasteiger partial charge is 0.353 e. The van der Waals surface area contributed by atoms with Crippen LogP contribution in [0.15, 0.2) is 0 Å². The fraction of sp³-hybridized carbons (Fsp3) is 0.933. The molecule has 4 heteroatoms. The minimum absolute atomic E-state index is 0.131. The van der Waals surface area contributed by atoms with Crippen molar-refractivity contribution >= 4 is 5.91 Å². The number of carbonyl (C=O) groups excluding carboxylic acids is 1. The van der Waals surface area contributed by atoms with E-state index < -0.39 is 0 Å². The first kappa shape index (κ1) is 13.4. The lowest BCUT2D eigenvalue weighted by atomic mass is 9.83. The molecule has 108 valence electrons. The third kappa shape index (κ3) is 2.79. The van der Waals surface area contributed by atoms with Crippen molar-refractivity contribution in [3.8, 4) is 0 Å². The molecule has 19 heavy (non-hydrogen) atoms. The van der Waals surface area contributed by atoms with Gasteiger partial charge in [0.25, 0.3) is 0 Å². The highest BCUT2D eigenvalue weighted by atomic mass is 16.2. The van der Waals surface area contributed by atoms with Gasteiger partial charge in [0.05, 0.1) is 5.41 Å². The van der Waals surface area contributed by atoms with Gasteiger partial charge in [-0.15, -0.1) is 0 Å². The normalized spacial score (nSPS) is 33.5. The monoisotopic (exact) mass is 265 g/mol. The molecule has 3 aliphatic rings. The molecule has 1 aliphatic carbocycles. The maximum atomic E-state index is 12.5. The van der Waals surface area contributed by atoms with E-state index in [0.717, 1.165) is 44.8 Å². The van der Waals surface area contributed by atoms with Crippen LogP contribution in [0.5, 0.6) is 0 Å². The van der Waals surface area contributed by atoms with E-state index in [0.29, 0.717) is 11.9 Å². The molecule has 0 aromatic rings. The summed E-state index contributed by atoms with van der Waals surface area (Å²) in [5.74, 6) is 0.296. The molecule has 0 aromatic carbocycles. The quantitative estimate of drug-likeness (QED) is 0.800. The molecule has 0 bridgehead atoms. The van der Waals surface area contributed by atoms with Crippen LogP contribution in [0.3, 0.4) is 0 Å². The van der Waals surface area contributed by atoms with Gasteiger partial charge in [0.1, 0.15) is 0 Å². The Hall–Kier alpha value is -0.610. The maximum absolute atomic E-state index is 12.5. The van der Waals surface area contributed by atoms with Crippen LogP contribution in [-0.2, 0) is 4.79 Å². The Morgan fingerprint density at radius 2 is 2.05 bits per heavy atom. The summed E-state index contributed by atoms with van der Waals surface area (Å²) in [6.07, 6.45) is 7.00. The average Bonchev–Trinajstić information content (AvgIpc) is 3.17. The van der Waals surface area contributed by atoms with Crippen molar-refractivity contribution in [1.29, 1.82) is 0 Å². The molecule has 1 atom stereocenters. The predicted molar refractivity (Wildman–Crippen MR) is 76.0 cm³/mol. The SMILES string of the molecule is CCC1(C(=O)NC2CCN(C3CC3)CC2)CCNC1.